The van der Waals surface area contributed by atoms with Crippen LogP contribution in [0.1, 0.15) is 37.4 Å². The highest BCUT2D eigenvalue weighted by molar-refractivity contribution is 5.85. The van der Waals surface area contributed by atoms with E-state index < -0.39 is 11.9 Å². The van der Waals surface area contributed by atoms with Crippen LogP contribution >= 0.6 is 0 Å². The maximum Gasteiger partial charge on any atom is 0.160 e. The first-order valence-corrected chi connectivity index (χ1v) is 9.15. The van der Waals surface area contributed by atoms with Crippen molar-refractivity contribution in [2.24, 2.45) is 0 Å². The largest absolute Gasteiger partial charge is 0.386 e. The highest BCUT2D eigenvalue weighted by Gasteiger charge is 2.24. The number of rotatable bonds is 6. The van der Waals surface area contributed by atoms with Crippen LogP contribution in [0.2, 0.25) is 0 Å². The zero-order valence-electron chi connectivity index (χ0n) is 14.8. The van der Waals surface area contributed by atoms with Crippen molar-refractivity contribution in [1.29, 1.82) is 0 Å². The highest BCUT2D eigenvalue weighted by atomic mass is 19.1. The van der Waals surface area contributed by atoms with Crippen molar-refractivity contribution in [3.8, 4) is 0 Å². The third-order valence-electron chi connectivity index (χ3n) is 5.02. The van der Waals surface area contributed by atoms with E-state index in [2.05, 4.69) is 25.5 Å². The molecule has 1 aromatic carbocycles. The minimum Gasteiger partial charge on any atom is -0.386 e. The Hall–Kier alpha value is -2.58. The number of aromatic nitrogens is 4. The van der Waals surface area contributed by atoms with Gasteiger partial charge in [0.05, 0.1) is 24.3 Å². The molecule has 4 rings (SSSR count). The number of aliphatic hydroxyl groups excluding tert-OH is 1. The molecule has 0 amide bonds. The second-order valence-electron chi connectivity index (χ2n) is 6.84. The second kappa shape index (κ2) is 7.98. The third kappa shape index (κ3) is 4.06. The van der Waals surface area contributed by atoms with Crippen LogP contribution in [0.4, 0.5) is 10.2 Å². The van der Waals surface area contributed by atoms with E-state index in [1.54, 1.807) is 24.4 Å². The Labute approximate surface area is 156 Å². The van der Waals surface area contributed by atoms with E-state index in [9.17, 15) is 9.50 Å². The molecule has 27 heavy (non-hydrogen) atoms. The fourth-order valence-corrected chi connectivity index (χ4v) is 3.51. The van der Waals surface area contributed by atoms with E-state index in [-0.39, 0.29) is 18.3 Å². The zero-order valence-corrected chi connectivity index (χ0v) is 14.8. The Morgan fingerprint density at radius 1 is 1.22 bits per heavy atom. The number of anilines is 1. The topological polar surface area (TPSA) is 96.0 Å². The van der Waals surface area contributed by atoms with Crippen LogP contribution in [0.5, 0.6) is 0 Å². The van der Waals surface area contributed by atoms with Crippen LogP contribution in [0.25, 0.3) is 11.0 Å². The van der Waals surface area contributed by atoms with E-state index in [1.165, 1.54) is 12.4 Å². The molecule has 3 N–H and O–H groups in total. The summed E-state index contributed by atoms with van der Waals surface area (Å²) in [6, 6.07) is 6.55. The molecule has 0 aliphatic heterocycles. The minimum atomic E-state index is -0.947. The van der Waals surface area contributed by atoms with Gasteiger partial charge in [0.15, 0.2) is 5.65 Å². The van der Waals surface area contributed by atoms with Gasteiger partial charge in [0, 0.05) is 11.6 Å². The molecular weight excluding hydrogens is 349 g/mol. The number of ether oxygens (including phenoxy) is 1. The molecule has 0 bridgehead atoms. The van der Waals surface area contributed by atoms with Gasteiger partial charge in [-0.15, -0.1) is 0 Å². The standard InChI is InChI=1S/C19H22FN5O2/c20-16-4-2-1-3-14(16)17(26)10-27-13-7-5-12(6-8-13)24-18-15-9-23-25-19(15)22-11-21-18/h1-4,9,11-13,17,26H,5-8,10H2,(H2,21,22,23,24,25)/t12-,13-,17-/m0/s1. The lowest BCUT2D eigenvalue weighted by Gasteiger charge is -2.30. The number of hydrogen-bond donors (Lipinski definition) is 3. The van der Waals surface area contributed by atoms with Crippen LogP contribution in [0.15, 0.2) is 36.8 Å². The van der Waals surface area contributed by atoms with Crippen molar-refractivity contribution in [2.75, 3.05) is 11.9 Å². The van der Waals surface area contributed by atoms with E-state index in [1.807, 2.05) is 0 Å². The zero-order chi connectivity index (χ0) is 18.6. The van der Waals surface area contributed by atoms with Crippen molar-refractivity contribution in [3.05, 3.63) is 48.2 Å². The number of nitrogens with zero attached hydrogens (tertiary/aromatic N) is 3. The number of fused-ring (bicyclic) bond motifs is 1. The first kappa shape index (κ1) is 17.8. The van der Waals surface area contributed by atoms with Gasteiger partial charge in [-0.25, -0.2) is 14.4 Å². The van der Waals surface area contributed by atoms with E-state index in [0.717, 1.165) is 36.9 Å². The molecule has 142 valence electrons. The maximum atomic E-state index is 13.7. The quantitative estimate of drug-likeness (QED) is 0.617. The van der Waals surface area contributed by atoms with Crippen LogP contribution in [0, 0.1) is 5.82 Å². The van der Waals surface area contributed by atoms with E-state index in [4.69, 9.17) is 4.74 Å². The van der Waals surface area contributed by atoms with E-state index >= 15 is 0 Å². The number of halogens is 1. The predicted octanol–water partition coefficient (Wildman–Crippen LogP) is 2.97. The lowest BCUT2D eigenvalue weighted by atomic mass is 9.93. The molecule has 1 aliphatic rings. The highest BCUT2D eigenvalue weighted by Crippen LogP contribution is 2.27. The third-order valence-corrected chi connectivity index (χ3v) is 5.02. The monoisotopic (exact) mass is 371 g/mol. The number of nitrogens with one attached hydrogen (secondary N) is 2. The summed E-state index contributed by atoms with van der Waals surface area (Å²) in [6.07, 6.45) is 5.98. The van der Waals surface area contributed by atoms with Gasteiger partial charge in [-0.1, -0.05) is 18.2 Å². The Balaban J connectivity index is 1.27. The van der Waals surface area contributed by atoms with E-state index in [0.29, 0.717) is 11.7 Å². The lowest BCUT2D eigenvalue weighted by Crippen LogP contribution is -2.31. The average molecular weight is 371 g/mol. The summed E-state index contributed by atoms with van der Waals surface area (Å²) in [7, 11) is 0. The first-order chi connectivity index (χ1) is 13.2. The van der Waals surface area contributed by atoms with Gasteiger partial charge >= 0.3 is 0 Å². The Morgan fingerprint density at radius 2 is 2.04 bits per heavy atom. The number of H-pyrrole nitrogens is 1. The molecule has 7 nitrogen and oxygen atoms in total. The van der Waals surface area contributed by atoms with Crippen molar-refractivity contribution in [3.63, 3.8) is 0 Å². The van der Waals surface area contributed by atoms with Gasteiger partial charge in [-0.3, -0.25) is 5.10 Å². The SMILES string of the molecule is O[C@@H](CO[C@H]1CC[C@H](Nc2ncnc3[nH]ncc23)CC1)c1ccccc1F. The van der Waals surface area contributed by atoms with Gasteiger partial charge in [0.2, 0.25) is 0 Å². The van der Waals surface area contributed by atoms with Gasteiger partial charge in [0.1, 0.15) is 24.1 Å². The summed E-state index contributed by atoms with van der Waals surface area (Å²) in [4.78, 5) is 8.45. The van der Waals surface area contributed by atoms with Gasteiger partial charge in [-0.2, -0.15) is 5.10 Å². The molecule has 1 aliphatic carbocycles. The molecule has 0 radical (unpaired) electrons. The summed E-state index contributed by atoms with van der Waals surface area (Å²) < 4.78 is 19.5. The molecule has 0 saturated heterocycles. The molecule has 1 saturated carbocycles. The smallest absolute Gasteiger partial charge is 0.160 e. The maximum absolute atomic E-state index is 13.7. The van der Waals surface area contributed by atoms with Crippen molar-refractivity contribution >= 4 is 16.9 Å². The summed E-state index contributed by atoms with van der Waals surface area (Å²) in [5.74, 6) is 0.380. The fourth-order valence-electron chi connectivity index (χ4n) is 3.51. The fraction of sp³-hybridized carbons (Fsp3) is 0.421. The molecule has 2 heterocycles. The molecule has 0 spiro atoms. The molecule has 0 unspecified atom stereocenters. The number of hydrogen-bond acceptors (Lipinski definition) is 6. The lowest BCUT2D eigenvalue weighted by molar-refractivity contribution is -0.0266. The molecule has 2 aromatic heterocycles. The number of benzene rings is 1. The first-order valence-electron chi connectivity index (χ1n) is 9.15. The Morgan fingerprint density at radius 3 is 2.85 bits per heavy atom. The minimum absolute atomic E-state index is 0.0730. The summed E-state index contributed by atoms with van der Waals surface area (Å²) >= 11 is 0. The van der Waals surface area contributed by atoms with Crippen LogP contribution in [0.3, 0.4) is 0 Å². The van der Waals surface area contributed by atoms with Gasteiger partial charge < -0.3 is 15.2 Å². The van der Waals surface area contributed by atoms with Crippen LogP contribution in [-0.2, 0) is 4.74 Å². The summed E-state index contributed by atoms with van der Waals surface area (Å²) in [5, 5.41) is 21.3. The molecule has 1 fully saturated rings. The van der Waals surface area contributed by atoms with Crippen LogP contribution in [-0.4, -0.2) is 44.0 Å². The Bertz CT molecular complexity index is 894. The summed E-state index contributed by atoms with van der Waals surface area (Å²) in [5.41, 5.74) is 0.993. The molecule has 8 heteroatoms. The molecular formula is C19H22FN5O2. The van der Waals surface area contributed by atoms with Gasteiger partial charge in [0.25, 0.3) is 0 Å². The van der Waals surface area contributed by atoms with Crippen LogP contribution < -0.4 is 5.32 Å². The Kier molecular flexibility index (Phi) is 5.26. The van der Waals surface area contributed by atoms with Crippen molar-refractivity contribution < 1.29 is 14.2 Å². The molecule has 3 aromatic rings. The average Bonchev–Trinajstić information content (AvgIpc) is 3.17. The second-order valence-corrected chi connectivity index (χ2v) is 6.84. The number of aromatic amines is 1. The molecule has 1 atom stereocenters. The van der Waals surface area contributed by atoms with Gasteiger partial charge in [-0.05, 0) is 31.7 Å². The number of aliphatic hydroxyl groups is 1. The predicted molar refractivity (Wildman–Crippen MR) is 98.7 cm³/mol. The summed E-state index contributed by atoms with van der Waals surface area (Å²) in [6.45, 7) is 0.102. The van der Waals surface area contributed by atoms with Crippen molar-refractivity contribution in [1.82, 2.24) is 20.2 Å². The van der Waals surface area contributed by atoms with Crippen molar-refractivity contribution in [2.45, 2.75) is 43.9 Å². The normalized spacial score (nSPS) is 21.3.